The van der Waals surface area contributed by atoms with Gasteiger partial charge in [0.05, 0.1) is 50.4 Å². The van der Waals surface area contributed by atoms with Crippen molar-refractivity contribution in [1.82, 2.24) is 9.21 Å². The van der Waals surface area contributed by atoms with E-state index in [1.165, 1.54) is 43.8 Å². The minimum Gasteiger partial charge on any atom is -0.497 e. The third kappa shape index (κ3) is 7.03. The van der Waals surface area contributed by atoms with Gasteiger partial charge in [-0.1, -0.05) is 49.4 Å². The number of rotatable bonds is 10. The van der Waals surface area contributed by atoms with Gasteiger partial charge in [-0.25, -0.2) is 13.2 Å². The zero-order chi connectivity index (χ0) is 34.6. The molecular formula is C35H40N4O8S. The molecule has 3 atom stereocenters. The molecular weight excluding hydrogens is 636 g/mol. The molecule has 0 radical (unpaired) electrons. The van der Waals surface area contributed by atoms with Crippen LogP contribution in [0.5, 0.6) is 17.2 Å². The summed E-state index contributed by atoms with van der Waals surface area (Å²) in [7, 11) is 0.211. The molecule has 3 N–H and O–H groups in total. The van der Waals surface area contributed by atoms with Crippen molar-refractivity contribution >= 4 is 44.1 Å². The Morgan fingerprint density at radius 3 is 2.44 bits per heavy atom. The van der Waals surface area contributed by atoms with Crippen LogP contribution < -0.4 is 24.8 Å². The van der Waals surface area contributed by atoms with Crippen LogP contribution in [0, 0.1) is 5.92 Å². The number of ether oxygens (including phenoxy) is 3. The number of aliphatic hydroxyl groups is 1. The van der Waals surface area contributed by atoms with Crippen LogP contribution in [0.25, 0.3) is 10.8 Å². The Morgan fingerprint density at radius 1 is 1.02 bits per heavy atom. The molecule has 12 nitrogen and oxygen atoms in total. The van der Waals surface area contributed by atoms with E-state index in [9.17, 15) is 23.1 Å². The predicted octanol–water partition coefficient (Wildman–Crippen LogP) is 5.04. The fraction of sp³-hybridized carbons (Fsp3) is 0.314. The zero-order valence-corrected chi connectivity index (χ0v) is 28.3. The van der Waals surface area contributed by atoms with E-state index in [1.807, 2.05) is 43.3 Å². The predicted molar refractivity (Wildman–Crippen MR) is 184 cm³/mol. The smallest absolute Gasteiger partial charge is 0.323 e. The fourth-order valence-electron chi connectivity index (χ4n) is 5.68. The van der Waals surface area contributed by atoms with Crippen LogP contribution in [-0.4, -0.2) is 87.8 Å². The third-order valence-corrected chi connectivity index (χ3v) is 10.3. The van der Waals surface area contributed by atoms with Gasteiger partial charge >= 0.3 is 6.03 Å². The fourth-order valence-corrected chi connectivity index (χ4v) is 6.99. The SMILES string of the molecule is COc1ccc(S(=O)(=O)N(C)CC2Oc3c(NC(=O)Nc4cccc5ccccc45)cccc3C(=O)N(C(C)CO)CC2C)c(OC)c1. The van der Waals surface area contributed by atoms with E-state index in [0.717, 1.165) is 10.8 Å². The van der Waals surface area contributed by atoms with Gasteiger partial charge in [0.2, 0.25) is 10.0 Å². The van der Waals surface area contributed by atoms with E-state index in [4.69, 9.17) is 14.2 Å². The van der Waals surface area contributed by atoms with Crippen LogP contribution in [0.2, 0.25) is 0 Å². The lowest BCUT2D eigenvalue weighted by Crippen LogP contribution is -2.50. The number of sulfonamides is 1. The second-order valence-electron chi connectivity index (χ2n) is 11.7. The van der Waals surface area contributed by atoms with Crippen molar-refractivity contribution in [3.05, 3.63) is 84.4 Å². The first-order valence-electron chi connectivity index (χ1n) is 15.4. The number of hydrogen-bond donors (Lipinski definition) is 3. The highest BCUT2D eigenvalue weighted by atomic mass is 32.2. The van der Waals surface area contributed by atoms with Crippen LogP contribution in [0.15, 0.2) is 83.8 Å². The van der Waals surface area contributed by atoms with Crippen molar-refractivity contribution in [2.24, 2.45) is 5.92 Å². The summed E-state index contributed by atoms with van der Waals surface area (Å²) in [6.07, 6.45) is -0.779. The highest BCUT2D eigenvalue weighted by Gasteiger charge is 2.37. The number of nitrogens with zero attached hydrogens (tertiary/aromatic N) is 2. The molecule has 0 aromatic heterocycles. The summed E-state index contributed by atoms with van der Waals surface area (Å²) in [5, 5.41) is 17.5. The molecule has 0 aliphatic carbocycles. The van der Waals surface area contributed by atoms with Crippen molar-refractivity contribution in [1.29, 1.82) is 0 Å². The molecule has 1 aliphatic rings. The molecule has 13 heteroatoms. The lowest BCUT2D eigenvalue weighted by Gasteiger charge is -2.38. The van der Waals surface area contributed by atoms with Gasteiger partial charge in [-0.15, -0.1) is 0 Å². The maximum atomic E-state index is 13.9. The quantitative estimate of drug-likeness (QED) is 0.212. The van der Waals surface area contributed by atoms with Crippen molar-refractivity contribution in [3.63, 3.8) is 0 Å². The maximum Gasteiger partial charge on any atom is 0.323 e. The number of amides is 3. The molecule has 0 bridgehead atoms. The number of likely N-dealkylation sites (N-methyl/N-ethyl adjacent to an activating group) is 1. The van der Waals surface area contributed by atoms with Crippen LogP contribution in [0.4, 0.5) is 16.2 Å². The van der Waals surface area contributed by atoms with Crippen molar-refractivity contribution in [2.45, 2.75) is 30.9 Å². The van der Waals surface area contributed by atoms with Crippen LogP contribution in [-0.2, 0) is 10.0 Å². The lowest BCUT2D eigenvalue weighted by molar-refractivity contribution is 0.0389. The van der Waals surface area contributed by atoms with Gasteiger partial charge in [0.1, 0.15) is 22.5 Å². The standard InChI is InChI=1S/C35H40N4O8S/c1-22-19-39(23(2)21-40)34(41)27-13-9-15-29(37-35(42)36-28-14-8-11-24-10-6-7-12-26(24)28)33(27)47-31(22)20-38(3)48(43,44)32-17-16-25(45-4)18-30(32)46-5/h6-18,22-23,31,40H,19-21H2,1-5H3,(H2,36,37,42). The molecule has 4 aromatic rings. The summed E-state index contributed by atoms with van der Waals surface area (Å²) in [6, 6.07) is 21.4. The number of fused-ring (bicyclic) bond motifs is 2. The first-order chi connectivity index (χ1) is 23.0. The van der Waals surface area contributed by atoms with Crippen LogP contribution >= 0.6 is 0 Å². The number of nitrogens with one attached hydrogen (secondary N) is 2. The van der Waals surface area contributed by atoms with Gasteiger partial charge in [-0.2, -0.15) is 4.31 Å². The second-order valence-corrected chi connectivity index (χ2v) is 13.7. The summed E-state index contributed by atoms with van der Waals surface area (Å²) in [5.41, 5.74) is 0.978. The number of aliphatic hydroxyl groups excluding tert-OH is 1. The minimum absolute atomic E-state index is 0.0506. The molecule has 3 amide bonds. The Hall–Kier alpha value is -4.85. The van der Waals surface area contributed by atoms with E-state index >= 15 is 0 Å². The molecule has 3 unspecified atom stereocenters. The Morgan fingerprint density at radius 2 is 1.71 bits per heavy atom. The van der Waals surface area contributed by atoms with Gasteiger partial charge in [-0.05, 0) is 42.6 Å². The first kappa shape index (κ1) is 34.5. The Balaban J connectivity index is 1.49. The molecule has 48 heavy (non-hydrogen) atoms. The Kier molecular flexibility index (Phi) is 10.4. The molecule has 5 rings (SSSR count). The minimum atomic E-state index is -4.08. The Bertz CT molecular complexity index is 1910. The lowest BCUT2D eigenvalue weighted by atomic mass is 9.99. The average molecular weight is 677 g/mol. The number of hydrogen-bond acceptors (Lipinski definition) is 8. The highest BCUT2D eigenvalue weighted by Crippen LogP contribution is 2.36. The molecule has 0 saturated carbocycles. The molecule has 254 valence electrons. The van der Waals surface area contributed by atoms with E-state index < -0.39 is 34.1 Å². The summed E-state index contributed by atoms with van der Waals surface area (Å²) < 4.78 is 45.9. The van der Waals surface area contributed by atoms with Crippen LogP contribution in [0.1, 0.15) is 24.2 Å². The van der Waals surface area contributed by atoms with Crippen molar-refractivity contribution < 1.29 is 37.3 Å². The molecule has 0 fully saturated rings. The topological polar surface area (TPSA) is 147 Å². The van der Waals surface area contributed by atoms with Gasteiger partial charge < -0.3 is 34.9 Å². The number of benzene rings is 4. The largest absolute Gasteiger partial charge is 0.497 e. The van der Waals surface area contributed by atoms with E-state index in [1.54, 1.807) is 36.1 Å². The number of methoxy groups -OCH3 is 2. The van der Waals surface area contributed by atoms with Gasteiger partial charge in [-0.3, -0.25) is 4.79 Å². The van der Waals surface area contributed by atoms with E-state index in [0.29, 0.717) is 11.4 Å². The summed E-state index contributed by atoms with van der Waals surface area (Å²) in [6.45, 7) is 3.37. The van der Waals surface area contributed by atoms with E-state index in [2.05, 4.69) is 10.6 Å². The molecule has 4 aromatic carbocycles. The van der Waals surface area contributed by atoms with Gasteiger partial charge in [0.15, 0.2) is 5.75 Å². The summed E-state index contributed by atoms with van der Waals surface area (Å²) in [4.78, 5) is 28.7. The molecule has 0 saturated heterocycles. The number of anilines is 2. The molecule has 1 heterocycles. The Labute approximate surface area is 280 Å². The number of para-hydroxylation sites is 1. The van der Waals surface area contributed by atoms with Crippen molar-refractivity contribution in [2.75, 3.05) is 51.6 Å². The first-order valence-corrected chi connectivity index (χ1v) is 16.9. The third-order valence-electron chi connectivity index (χ3n) is 8.47. The van der Waals surface area contributed by atoms with Gasteiger partial charge in [0, 0.05) is 31.0 Å². The number of carbonyl (C=O) groups is 2. The highest BCUT2D eigenvalue weighted by molar-refractivity contribution is 7.89. The van der Waals surface area contributed by atoms with Crippen LogP contribution in [0.3, 0.4) is 0 Å². The number of urea groups is 1. The maximum absolute atomic E-state index is 13.9. The summed E-state index contributed by atoms with van der Waals surface area (Å²) >= 11 is 0. The normalized spacial score (nSPS) is 17.1. The molecule has 0 spiro atoms. The monoisotopic (exact) mass is 676 g/mol. The van der Waals surface area contributed by atoms with Crippen molar-refractivity contribution in [3.8, 4) is 17.2 Å². The average Bonchev–Trinajstić information content (AvgIpc) is 3.09. The second kappa shape index (κ2) is 14.5. The van der Waals surface area contributed by atoms with Gasteiger partial charge in [0.25, 0.3) is 5.91 Å². The summed E-state index contributed by atoms with van der Waals surface area (Å²) in [5.74, 6) is -0.136. The number of carbonyl (C=O) groups excluding carboxylic acids is 2. The van der Waals surface area contributed by atoms with E-state index in [-0.39, 0.29) is 53.2 Å². The molecule has 1 aliphatic heterocycles. The zero-order valence-electron chi connectivity index (χ0n) is 27.5.